The Hall–Kier alpha value is -5.30. The predicted molar refractivity (Wildman–Crippen MR) is 148 cm³/mol. The van der Waals surface area contributed by atoms with Crippen LogP contribution in [0.4, 0.5) is 20.6 Å². The Morgan fingerprint density at radius 1 is 0.925 bits per heavy atom. The Labute approximate surface area is 230 Å². The molecule has 40 heavy (non-hydrogen) atoms. The molecule has 2 aromatic carbocycles. The summed E-state index contributed by atoms with van der Waals surface area (Å²) in [6, 6.07) is 13.6. The number of hydrogen-bond acceptors (Lipinski definition) is 6. The Bertz CT molecular complexity index is 1600. The summed E-state index contributed by atoms with van der Waals surface area (Å²) in [5.74, 6) is 4.97. The largest absolute Gasteiger partial charge is 0.444 e. The molecule has 0 radical (unpaired) electrons. The van der Waals surface area contributed by atoms with E-state index in [9.17, 15) is 18.8 Å². The molecule has 10 heteroatoms. The predicted octanol–water partition coefficient (Wildman–Crippen LogP) is 5.36. The third-order valence-electron chi connectivity index (χ3n) is 5.28. The number of carbonyl (C=O) groups excluding carboxylic acids is 3. The minimum Gasteiger partial charge on any atom is -0.444 e. The van der Waals surface area contributed by atoms with E-state index >= 15 is 0 Å². The van der Waals surface area contributed by atoms with Gasteiger partial charge in [-0.1, -0.05) is 11.8 Å². The Morgan fingerprint density at radius 3 is 2.35 bits per heavy atom. The van der Waals surface area contributed by atoms with E-state index in [0.29, 0.717) is 22.5 Å². The van der Waals surface area contributed by atoms with Gasteiger partial charge in [0, 0.05) is 35.3 Å². The summed E-state index contributed by atoms with van der Waals surface area (Å²) in [5.41, 5.74) is 1.17. The normalized spacial score (nSPS) is 10.7. The van der Waals surface area contributed by atoms with Gasteiger partial charge in [-0.15, -0.1) is 0 Å². The van der Waals surface area contributed by atoms with E-state index in [1.165, 1.54) is 24.4 Å². The fourth-order valence-corrected chi connectivity index (χ4v) is 3.50. The van der Waals surface area contributed by atoms with Gasteiger partial charge in [0.05, 0.1) is 17.8 Å². The van der Waals surface area contributed by atoms with Gasteiger partial charge in [0.2, 0.25) is 5.91 Å². The van der Waals surface area contributed by atoms with Crippen LogP contribution in [0.25, 0.3) is 5.82 Å². The van der Waals surface area contributed by atoms with Crippen LogP contribution >= 0.6 is 0 Å². The van der Waals surface area contributed by atoms with Crippen molar-refractivity contribution < 1.29 is 23.5 Å². The van der Waals surface area contributed by atoms with E-state index in [-0.39, 0.29) is 17.2 Å². The summed E-state index contributed by atoms with van der Waals surface area (Å²) in [6.45, 7) is 5.19. The zero-order chi connectivity index (χ0) is 28.7. The molecule has 0 saturated carbocycles. The van der Waals surface area contributed by atoms with Crippen molar-refractivity contribution in [3.63, 3.8) is 0 Å². The van der Waals surface area contributed by atoms with Crippen LogP contribution in [-0.2, 0) is 9.53 Å². The number of anilines is 2. The summed E-state index contributed by atoms with van der Waals surface area (Å²) >= 11 is 0. The highest BCUT2D eigenvalue weighted by Gasteiger charge is 2.19. The zero-order valence-electron chi connectivity index (χ0n) is 22.1. The summed E-state index contributed by atoms with van der Waals surface area (Å²) in [6.07, 6.45) is 5.14. The number of halogens is 1. The minimum absolute atomic E-state index is 0.225. The topological polar surface area (TPSA) is 115 Å². The van der Waals surface area contributed by atoms with Gasteiger partial charge in [-0.3, -0.25) is 19.5 Å². The molecule has 0 aliphatic carbocycles. The van der Waals surface area contributed by atoms with Crippen LogP contribution in [0.2, 0.25) is 0 Å². The number of aromatic nitrogens is 3. The van der Waals surface area contributed by atoms with Crippen LogP contribution < -0.4 is 10.6 Å². The molecule has 0 unspecified atom stereocenters. The quantitative estimate of drug-likeness (QED) is 0.194. The fraction of sp³-hybridized carbons (Fsp3) is 0.167. The molecule has 0 atom stereocenters. The number of benzene rings is 2. The smallest absolute Gasteiger partial charge is 0.412 e. The lowest BCUT2D eigenvalue weighted by Crippen LogP contribution is -2.27. The molecule has 2 heterocycles. The zero-order valence-corrected chi connectivity index (χ0v) is 22.1. The van der Waals surface area contributed by atoms with Crippen LogP contribution in [0.3, 0.4) is 0 Å². The van der Waals surface area contributed by atoms with E-state index in [1.807, 2.05) is 0 Å². The van der Waals surface area contributed by atoms with Gasteiger partial charge in [-0.25, -0.2) is 19.2 Å². The van der Waals surface area contributed by atoms with Crippen LogP contribution in [0, 0.1) is 17.7 Å². The number of nitrogens with zero attached hydrogens (tertiary/aromatic N) is 3. The van der Waals surface area contributed by atoms with Crippen LogP contribution in [-0.4, -0.2) is 37.9 Å². The first kappa shape index (κ1) is 27.7. The second-order valence-corrected chi connectivity index (χ2v) is 9.66. The molecule has 0 bridgehead atoms. The molecule has 4 aromatic rings. The molecule has 4 rings (SSSR count). The lowest BCUT2D eigenvalue weighted by molar-refractivity contribution is -0.115. The molecule has 0 aliphatic rings. The van der Waals surface area contributed by atoms with Crippen LogP contribution in [0.15, 0.2) is 79.5 Å². The van der Waals surface area contributed by atoms with Gasteiger partial charge in [-0.05, 0) is 75.4 Å². The molecule has 2 N–H and O–H groups in total. The van der Waals surface area contributed by atoms with Crippen molar-refractivity contribution in [2.24, 2.45) is 0 Å². The maximum atomic E-state index is 13.2. The molecule has 9 nitrogen and oxygen atoms in total. The molecular formula is C30H26FN5O4. The van der Waals surface area contributed by atoms with Crippen LogP contribution in [0.5, 0.6) is 0 Å². The van der Waals surface area contributed by atoms with Gasteiger partial charge in [0.1, 0.15) is 23.6 Å². The van der Waals surface area contributed by atoms with Gasteiger partial charge in [0.25, 0.3) is 0 Å². The number of amides is 2. The number of pyridine rings is 1. The van der Waals surface area contributed by atoms with Crippen molar-refractivity contribution in [3.05, 3.63) is 102 Å². The third kappa shape index (κ3) is 7.85. The van der Waals surface area contributed by atoms with E-state index in [0.717, 1.165) is 0 Å². The second kappa shape index (κ2) is 12.0. The van der Waals surface area contributed by atoms with E-state index in [1.54, 1.807) is 80.5 Å². The van der Waals surface area contributed by atoms with Crippen molar-refractivity contribution in [1.82, 2.24) is 14.5 Å². The van der Waals surface area contributed by atoms with Crippen molar-refractivity contribution in [3.8, 4) is 17.7 Å². The molecule has 0 saturated heterocycles. The summed E-state index contributed by atoms with van der Waals surface area (Å²) in [5, 5.41) is 5.31. The number of ether oxygens (including phenoxy) is 1. The maximum Gasteiger partial charge on any atom is 0.412 e. The highest BCUT2D eigenvalue weighted by atomic mass is 19.1. The van der Waals surface area contributed by atoms with Gasteiger partial charge in [0.15, 0.2) is 5.78 Å². The van der Waals surface area contributed by atoms with Gasteiger partial charge >= 0.3 is 6.09 Å². The van der Waals surface area contributed by atoms with Crippen molar-refractivity contribution in [2.45, 2.75) is 32.8 Å². The average Bonchev–Trinajstić information content (AvgIpc) is 3.44. The minimum atomic E-state index is -0.736. The first-order valence-electron chi connectivity index (χ1n) is 12.2. The molecule has 0 aliphatic heterocycles. The summed E-state index contributed by atoms with van der Waals surface area (Å²) < 4.78 is 20.2. The molecule has 2 aromatic heterocycles. The van der Waals surface area contributed by atoms with E-state index < -0.39 is 29.8 Å². The fourth-order valence-electron chi connectivity index (χ4n) is 3.50. The number of rotatable bonds is 6. The Kier molecular flexibility index (Phi) is 8.35. The molecule has 0 spiro atoms. The number of hydrogen-bond donors (Lipinski definition) is 2. The first-order valence-corrected chi connectivity index (χ1v) is 12.2. The van der Waals surface area contributed by atoms with Gasteiger partial charge < -0.3 is 10.1 Å². The third-order valence-corrected chi connectivity index (χ3v) is 5.28. The lowest BCUT2D eigenvalue weighted by Gasteiger charge is -2.20. The first-order chi connectivity index (χ1) is 19.1. The number of nitrogens with one attached hydrogen (secondary N) is 2. The molecule has 2 amide bonds. The highest BCUT2D eigenvalue weighted by Crippen LogP contribution is 2.25. The van der Waals surface area contributed by atoms with E-state index in [2.05, 4.69) is 32.4 Å². The molecule has 202 valence electrons. The van der Waals surface area contributed by atoms with Crippen molar-refractivity contribution >= 4 is 29.2 Å². The Balaban J connectivity index is 1.54. The summed E-state index contributed by atoms with van der Waals surface area (Å²) in [7, 11) is 0. The number of carbonyl (C=O) groups is 3. The molecular weight excluding hydrogens is 513 g/mol. The van der Waals surface area contributed by atoms with E-state index in [4.69, 9.17) is 4.74 Å². The Morgan fingerprint density at radius 2 is 1.65 bits per heavy atom. The summed E-state index contributed by atoms with van der Waals surface area (Å²) in [4.78, 5) is 46.4. The number of imidazole rings is 1. The molecule has 0 fully saturated rings. The number of ketones is 1. The van der Waals surface area contributed by atoms with Crippen LogP contribution in [0.1, 0.15) is 48.7 Å². The van der Waals surface area contributed by atoms with Gasteiger partial charge in [-0.2, -0.15) is 0 Å². The SMILES string of the molecule is CC(C)(C)OC(=O)Nc1ccc(C#Cc2ccc(F)cc2)cc1NC(=O)CC(=O)c1ccnc(-n2ccnc2)c1. The number of Topliss-reactive ketones (excluding diaryl/α,β-unsaturated/α-hetero) is 1. The monoisotopic (exact) mass is 539 g/mol. The lowest BCUT2D eigenvalue weighted by atomic mass is 10.1. The van der Waals surface area contributed by atoms with Crippen molar-refractivity contribution in [2.75, 3.05) is 10.6 Å². The highest BCUT2D eigenvalue weighted by molar-refractivity contribution is 6.12. The maximum absolute atomic E-state index is 13.2. The standard InChI is InChI=1S/C30H26FN5O4/c1-30(2,3)40-29(39)35-24-11-8-21(5-4-20-6-9-23(31)10-7-20)16-25(24)34-28(38)18-26(37)22-12-13-33-27(17-22)36-15-14-32-19-36/h6-17,19H,18H2,1-3H3,(H,34,38)(H,35,39). The average molecular weight is 540 g/mol. The second-order valence-electron chi connectivity index (χ2n) is 9.66. The van der Waals surface area contributed by atoms with Crippen molar-refractivity contribution in [1.29, 1.82) is 0 Å².